The van der Waals surface area contributed by atoms with Crippen molar-refractivity contribution in [2.75, 3.05) is 29.0 Å². The van der Waals surface area contributed by atoms with E-state index >= 15 is 0 Å². The lowest BCUT2D eigenvalue weighted by molar-refractivity contribution is 0.0600. The van der Waals surface area contributed by atoms with Crippen molar-refractivity contribution in [1.29, 1.82) is 0 Å². The number of aryl methyl sites for hydroxylation is 1. The van der Waals surface area contributed by atoms with Gasteiger partial charge in [0.05, 0.1) is 34.8 Å². The van der Waals surface area contributed by atoms with Crippen LogP contribution in [0.2, 0.25) is 5.02 Å². The summed E-state index contributed by atoms with van der Waals surface area (Å²) in [6.45, 7) is 2.19. The Labute approximate surface area is 174 Å². The highest BCUT2D eigenvalue weighted by atomic mass is 35.5. The summed E-state index contributed by atoms with van der Waals surface area (Å²) in [6.07, 6.45) is 1.40. The molecule has 0 spiro atoms. The van der Waals surface area contributed by atoms with Gasteiger partial charge in [0, 0.05) is 12.1 Å². The van der Waals surface area contributed by atoms with E-state index in [1.807, 2.05) is 0 Å². The van der Waals surface area contributed by atoms with Gasteiger partial charge in [-0.15, -0.1) is 0 Å². The van der Waals surface area contributed by atoms with Crippen molar-refractivity contribution in [1.82, 2.24) is 0 Å². The highest BCUT2D eigenvalue weighted by molar-refractivity contribution is 7.92. The summed E-state index contributed by atoms with van der Waals surface area (Å²) in [5.74, 6) is -0.923. The number of carbonyl (C=O) groups is 2. The molecule has 0 atom stereocenters. The average molecular weight is 437 g/mol. The van der Waals surface area contributed by atoms with Gasteiger partial charge in [-0.25, -0.2) is 13.2 Å². The molecule has 3 rings (SSSR count). The molecule has 1 saturated heterocycles. The molecule has 1 amide bonds. The van der Waals surface area contributed by atoms with E-state index < -0.39 is 21.9 Å². The van der Waals surface area contributed by atoms with E-state index in [2.05, 4.69) is 10.1 Å². The van der Waals surface area contributed by atoms with Gasteiger partial charge in [-0.3, -0.25) is 9.10 Å². The predicted molar refractivity (Wildman–Crippen MR) is 112 cm³/mol. The van der Waals surface area contributed by atoms with Crippen molar-refractivity contribution < 1.29 is 22.7 Å². The van der Waals surface area contributed by atoms with Crippen LogP contribution >= 0.6 is 11.6 Å². The summed E-state index contributed by atoms with van der Waals surface area (Å²) in [6, 6.07) is 9.30. The van der Waals surface area contributed by atoms with Crippen molar-refractivity contribution in [2.45, 2.75) is 19.8 Å². The Morgan fingerprint density at radius 2 is 1.83 bits per heavy atom. The van der Waals surface area contributed by atoms with Gasteiger partial charge in [0.25, 0.3) is 5.91 Å². The van der Waals surface area contributed by atoms with Gasteiger partial charge < -0.3 is 10.1 Å². The Balaban J connectivity index is 1.90. The largest absolute Gasteiger partial charge is 0.465 e. The van der Waals surface area contributed by atoms with E-state index in [9.17, 15) is 18.0 Å². The van der Waals surface area contributed by atoms with Gasteiger partial charge in [0.15, 0.2) is 0 Å². The van der Waals surface area contributed by atoms with E-state index in [4.69, 9.17) is 11.6 Å². The van der Waals surface area contributed by atoms with Crippen LogP contribution in [0.4, 0.5) is 11.4 Å². The van der Waals surface area contributed by atoms with Crippen LogP contribution in [0.25, 0.3) is 0 Å². The normalized spacial score (nSPS) is 15.6. The number of nitrogens with zero attached hydrogens (tertiary/aromatic N) is 1. The van der Waals surface area contributed by atoms with E-state index in [1.165, 1.54) is 29.6 Å². The second-order valence-corrected chi connectivity index (χ2v) is 9.16. The topological polar surface area (TPSA) is 92.8 Å². The smallest absolute Gasteiger partial charge is 0.337 e. The Morgan fingerprint density at radius 3 is 2.52 bits per heavy atom. The first kappa shape index (κ1) is 21.1. The standard InChI is InChI=1S/C20H21ClN2O5S/c1-13-5-6-14(12-18(13)23-9-3-4-10-29(23,26)27)19(24)22-17-11-15(20(25)28-2)7-8-16(17)21/h5-8,11-12H,3-4,9-10H2,1-2H3,(H,22,24). The summed E-state index contributed by atoms with van der Waals surface area (Å²) in [7, 11) is -2.13. The lowest BCUT2D eigenvalue weighted by Gasteiger charge is -2.29. The van der Waals surface area contributed by atoms with E-state index in [0.29, 0.717) is 18.7 Å². The van der Waals surface area contributed by atoms with Gasteiger partial charge in [0.1, 0.15) is 0 Å². The van der Waals surface area contributed by atoms with Crippen molar-refractivity contribution >= 4 is 44.9 Å². The second-order valence-electron chi connectivity index (χ2n) is 6.74. The fraction of sp³-hybridized carbons (Fsp3) is 0.300. The quantitative estimate of drug-likeness (QED) is 0.739. The molecule has 29 heavy (non-hydrogen) atoms. The van der Waals surface area contributed by atoms with Gasteiger partial charge in [-0.2, -0.15) is 0 Å². The number of benzene rings is 2. The second kappa shape index (κ2) is 8.42. The molecular weight excluding hydrogens is 416 g/mol. The first-order valence-electron chi connectivity index (χ1n) is 9.03. The number of carbonyl (C=O) groups excluding carboxylic acids is 2. The zero-order valence-electron chi connectivity index (χ0n) is 16.1. The summed E-state index contributed by atoms with van der Waals surface area (Å²) in [5, 5.41) is 2.93. The van der Waals surface area contributed by atoms with Gasteiger partial charge in [0.2, 0.25) is 10.0 Å². The third-order valence-electron chi connectivity index (χ3n) is 4.72. The Bertz CT molecular complexity index is 1070. The highest BCUT2D eigenvalue weighted by Crippen LogP contribution is 2.29. The van der Waals surface area contributed by atoms with Crippen molar-refractivity contribution in [3.05, 3.63) is 58.1 Å². The molecule has 0 aromatic heterocycles. The summed E-state index contributed by atoms with van der Waals surface area (Å²) < 4.78 is 30.9. The minimum absolute atomic E-state index is 0.0960. The van der Waals surface area contributed by atoms with Crippen LogP contribution in [0.5, 0.6) is 0 Å². The molecule has 2 aromatic rings. The summed E-state index contributed by atoms with van der Waals surface area (Å²) >= 11 is 6.14. The van der Waals surface area contributed by atoms with Gasteiger partial charge in [-0.1, -0.05) is 17.7 Å². The number of hydrogen-bond acceptors (Lipinski definition) is 5. The fourth-order valence-corrected chi connectivity index (χ4v) is 5.00. The minimum Gasteiger partial charge on any atom is -0.465 e. The fourth-order valence-electron chi connectivity index (χ4n) is 3.14. The molecule has 0 aliphatic carbocycles. The Kier molecular flexibility index (Phi) is 6.14. The first-order chi connectivity index (χ1) is 13.7. The molecule has 1 heterocycles. The molecule has 0 radical (unpaired) electrons. The molecule has 0 unspecified atom stereocenters. The number of sulfonamides is 1. The third kappa shape index (κ3) is 4.54. The molecule has 9 heteroatoms. The van der Waals surface area contributed by atoms with Crippen LogP contribution in [0.3, 0.4) is 0 Å². The zero-order valence-corrected chi connectivity index (χ0v) is 17.6. The van der Waals surface area contributed by atoms with Crippen LogP contribution in [0.1, 0.15) is 39.1 Å². The molecule has 1 aliphatic heterocycles. The lowest BCUT2D eigenvalue weighted by Crippen LogP contribution is -2.38. The number of rotatable bonds is 4. The lowest BCUT2D eigenvalue weighted by atomic mass is 10.1. The van der Waals surface area contributed by atoms with Gasteiger partial charge >= 0.3 is 5.97 Å². The molecule has 1 fully saturated rings. The number of amides is 1. The van der Waals surface area contributed by atoms with Crippen LogP contribution in [-0.2, 0) is 14.8 Å². The number of halogens is 1. The maximum Gasteiger partial charge on any atom is 0.337 e. The third-order valence-corrected chi connectivity index (χ3v) is 6.91. The number of methoxy groups -OCH3 is 1. The van der Waals surface area contributed by atoms with Crippen LogP contribution < -0.4 is 9.62 Å². The molecule has 1 aliphatic rings. The number of anilines is 2. The van der Waals surface area contributed by atoms with E-state index in [-0.39, 0.29) is 27.6 Å². The number of esters is 1. The molecule has 0 saturated carbocycles. The predicted octanol–water partition coefficient (Wildman–Crippen LogP) is 3.62. The van der Waals surface area contributed by atoms with E-state index in [1.54, 1.807) is 25.1 Å². The number of nitrogens with one attached hydrogen (secondary N) is 1. The zero-order chi connectivity index (χ0) is 21.2. The van der Waals surface area contributed by atoms with Crippen molar-refractivity contribution in [3.63, 3.8) is 0 Å². The maximum atomic E-state index is 12.8. The Hall–Kier alpha value is -2.58. The number of ether oxygens (including phenoxy) is 1. The molecular formula is C20H21ClN2O5S. The van der Waals surface area contributed by atoms with Crippen LogP contribution in [-0.4, -0.2) is 39.7 Å². The first-order valence-corrected chi connectivity index (χ1v) is 11.0. The van der Waals surface area contributed by atoms with Gasteiger partial charge in [-0.05, 0) is 55.7 Å². The average Bonchev–Trinajstić information content (AvgIpc) is 2.69. The minimum atomic E-state index is -3.40. The van der Waals surface area contributed by atoms with Crippen molar-refractivity contribution in [3.8, 4) is 0 Å². The Morgan fingerprint density at radius 1 is 1.10 bits per heavy atom. The van der Waals surface area contributed by atoms with Crippen LogP contribution in [0, 0.1) is 6.92 Å². The monoisotopic (exact) mass is 436 g/mol. The SMILES string of the molecule is COC(=O)c1ccc(Cl)c(NC(=O)c2ccc(C)c(N3CCCCS3(=O)=O)c2)c1. The van der Waals surface area contributed by atoms with Crippen molar-refractivity contribution in [2.24, 2.45) is 0 Å². The molecule has 154 valence electrons. The molecule has 0 bridgehead atoms. The van der Waals surface area contributed by atoms with E-state index in [0.717, 1.165) is 12.0 Å². The molecule has 1 N–H and O–H groups in total. The number of hydrogen-bond donors (Lipinski definition) is 1. The maximum absolute atomic E-state index is 12.8. The van der Waals surface area contributed by atoms with Crippen LogP contribution in [0.15, 0.2) is 36.4 Å². The summed E-state index contributed by atoms with van der Waals surface area (Å²) in [4.78, 5) is 24.5. The highest BCUT2D eigenvalue weighted by Gasteiger charge is 2.27. The molecule has 7 nitrogen and oxygen atoms in total. The summed E-state index contributed by atoms with van der Waals surface area (Å²) in [5.41, 5.74) is 2.04. The molecule has 2 aromatic carbocycles.